The maximum absolute atomic E-state index is 12.6. The van der Waals surface area contributed by atoms with Crippen molar-refractivity contribution in [1.29, 1.82) is 0 Å². The van der Waals surface area contributed by atoms with Crippen LogP contribution in [0, 0.1) is 5.41 Å². The van der Waals surface area contributed by atoms with Gasteiger partial charge in [-0.05, 0) is 36.6 Å². The van der Waals surface area contributed by atoms with Gasteiger partial charge in [-0.25, -0.2) is 4.68 Å². The lowest BCUT2D eigenvalue weighted by Gasteiger charge is -2.22. The van der Waals surface area contributed by atoms with E-state index in [0.29, 0.717) is 18.7 Å². The molecule has 1 amide bonds. The average Bonchev–Trinajstić information content (AvgIpc) is 3.14. The number of amides is 1. The van der Waals surface area contributed by atoms with E-state index in [1.807, 2.05) is 29.2 Å². The summed E-state index contributed by atoms with van der Waals surface area (Å²) in [5.41, 5.74) is 7.37. The predicted molar refractivity (Wildman–Crippen MR) is 96.2 cm³/mol. The van der Waals surface area contributed by atoms with Crippen molar-refractivity contribution in [3.8, 4) is 5.69 Å². The van der Waals surface area contributed by atoms with Gasteiger partial charge in [0.15, 0.2) is 0 Å². The second-order valence-electron chi connectivity index (χ2n) is 6.14. The van der Waals surface area contributed by atoms with Crippen molar-refractivity contribution in [1.82, 2.24) is 14.7 Å². The number of nitrogens with two attached hydrogens (primary N) is 1. The quantitative estimate of drug-likeness (QED) is 0.863. The van der Waals surface area contributed by atoms with Crippen LogP contribution in [0.15, 0.2) is 41.1 Å². The molecule has 2 heterocycles. The molecule has 124 valence electrons. The zero-order chi connectivity index (χ0) is 15.7. The fourth-order valence-electron chi connectivity index (χ4n) is 2.74. The SMILES string of the molecule is CC1(CN)CCN(C(=O)c2cnn(-c3cccc(Br)c3)c2)C1.Cl. The maximum atomic E-state index is 12.6. The highest BCUT2D eigenvalue weighted by Gasteiger charge is 2.35. The number of benzene rings is 1. The highest BCUT2D eigenvalue weighted by Crippen LogP contribution is 2.29. The number of nitrogens with zero attached hydrogens (tertiary/aromatic N) is 3. The van der Waals surface area contributed by atoms with Crippen molar-refractivity contribution in [3.05, 3.63) is 46.7 Å². The molecule has 1 fully saturated rings. The Labute approximate surface area is 150 Å². The van der Waals surface area contributed by atoms with Crippen LogP contribution in [0.5, 0.6) is 0 Å². The highest BCUT2D eigenvalue weighted by molar-refractivity contribution is 9.10. The van der Waals surface area contributed by atoms with Gasteiger partial charge in [0.25, 0.3) is 5.91 Å². The molecule has 2 N–H and O–H groups in total. The molecule has 1 atom stereocenters. The van der Waals surface area contributed by atoms with Crippen LogP contribution >= 0.6 is 28.3 Å². The summed E-state index contributed by atoms with van der Waals surface area (Å²) in [5, 5.41) is 4.30. The molecular weight excluding hydrogens is 380 g/mol. The van der Waals surface area contributed by atoms with Crippen LogP contribution in [-0.4, -0.2) is 40.2 Å². The first-order valence-corrected chi connectivity index (χ1v) is 8.10. The number of rotatable bonds is 3. The first-order chi connectivity index (χ1) is 10.5. The zero-order valence-corrected chi connectivity index (χ0v) is 15.3. The van der Waals surface area contributed by atoms with E-state index >= 15 is 0 Å². The van der Waals surface area contributed by atoms with E-state index in [1.54, 1.807) is 17.1 Å². The van der Waals surface area contributed by atoms with Crippen LogP contribution in [0.2, 0.25) is 0 Å². The number of carbonyl (C=O) groups is 1. The third-order valence-corrected chi connectivity index (χ3v) is 4.73. The van der Waals surface area contributed by atoms with Gasteiger partial charge >= 0.3 is 0 Å². The van der Waals surface area contributed by atoms with Gasteiger partial charge in [-0.15, -0.1) is 12.4 Å². The minimum absolute atomic E-state index is 0. The van der Waals surface area contributed by atoms with Gasteiger partial charge in [0, 0.05) is 23.8 Å². The first kappa shape index (κ1) is 18.0. The molecule has 1 aliphatic heterocycles. The maximum Gasteiger partial charge on any atom is 0.257 e. The van der Waals surface area contributed by atoms with Crippen LogP contribution in [0.1, 0.15) is 23.7 Å². The Balaban J connectivity index is 0.00000192. The number of hydrogen-bond donors (Lipinski definition) is 1. The Hall–Kier alpha value is -1.37. The van der Waals surface area contributed by atoms with Gasteiger partial charge in [0.2, 0.25) is 0 Å². The standard InChI is InChI=1S/C16H19BrN4O.ClH/c1-16(10-18)5-6-20(11-16)15(22)12-8-19-21(9-12)14-4-2-3-13(17)7-14;/h2-4,7-9H,5-6,10-11,18H2,1H3;1H. The third kappa shape index (κ3) is 3.76. The third-order valence-electron chi connectivity index (χ3n) is 4.24. The summed E-state index contributed by atoms with van der Waals surface area (Å²) in [5.74, 6) is 0.0263. The molecule has 0 spiro atoms. The molecule has 1 aromatic carbocycles. The van der Waals surface area contributed by atoms with Crippen molar-refractivity contribution in [3.63, 3.8) is 0 Å². The molecule has 0 radical (unpaired) electrons. The van der Waals surface area contributed by atoms with Gasteiger partial charge in [0.05, 0.1) is 17.4 Å². The van der Waals surface area contributed by atoms with E-state index in [9.17, 15) is 4.79 Å². The summed E-state index contributed by atoms with van der Waals surface area (Å²) in [6.45, 7) is 4.21. The fraction of sp³-hybridized carbons (Fsp3) is 0.375. The van der Waals surface area contributed by atoms with Gasteiger partial charge in [-0.1, -0.05) is 28.9 Å². The van der Waals surface area contributed by atoms with Crippen LogP contribution in [0.25, 0.3) is 5.69 Å². The van der Waals surface area contributed by atoms with Gasteiger partial charge in [0.1, 0.15) is 0 Å². The van der Waals surface area contributed by atoms with Crippen LogP contribution < -0.4 is 5.73 Å². The minimum atomic E-state index is 0. The zero-order valence-electron chi connectivity index (χ0n) is 12.9. The normalized spacial score (nSPS) is 20.4. The number of carbonyl (C=O) groups excluding carboxylic acids is 1. The molecule has 3 rings (SSSR count). The molecule has 1 unspecified atom stereocenters. The number of likely N-dealkylation sites (tertiary alicyclic amines) is 1. The summed E-state index contributed by atoms with van der Waals surface area (Å²) in [4.78, 5) is 14.5. The van der Waals surface area contributed by atoms with Crippen LogP contribution in [0.3, 0.4) is 0 Å². The lowest BCUT2D eigenvalue weighted by atomic mass is 9.90. The molecule has 0 bridgehead atoms. The summed E-state index contributed by atoms with van der Waals surface area (Å²) in [7, 11) is 0. The summed E-state index contributed by atoms with van der Waals surface area (Å²) in [6, 6.07) is 7.81. The minimum Gasteiger partial charge on any atom is -0.338 e. The highest BCUT2D eigenvalue weighted by atomic mass is 79.9. The van der Waals surface area contributed by atoms with Crippen LogP contribution in [0.4, 0.5) is 0 Å². The Kier molecular flexibility index (Phi) is 5.49. The Morgan fingerprint density at radius 3 is 2.91 bits per heavy atom. The summed E-state index contributed by atoms with van der Waals surface area (Å²) >= 11 is 3.44. The molecule has 23 heavy (non-hydrogen) atoms. The van der Waals surface area contributed by atoms with Gasteiger partial charge in [-0.2, -0.15) is 5.10 Å². The van der Waals surface area contributed by atoms with Gasteiger partial charge in [-0.3, -0.25) is 4.79 Å². The van der Waals surface area contributed by atoms with Crippen LogP contribution in [-0.2, 0) is 0 Å². The average molecular weight is 400 g/mol. The molecule has 0 saturated carbocycles. The van der Waals surface area contributed by atoms with E-state index in [2.05, 4.69) is 28.0 Å². The molecular formula is C16H20BrClN4O. The largest absolute Gasteiger partial charge is 0.338 e. The van der Waals surface area contributed by atoms with E-state index < -0.39 is 0 Å². The van der Waals surface area contributed by atoms with E-state index in [-0.39, 0.29) is 23.7 Å². The van der Waals surface area contributed by atoms with Crippen molar-refractivity contribution >= 4 is 34.2 Å². The van der Waals surface area contributed by atoms with Crippen molar-refractivity contribution in [2.24, 2.45) is 11.1 Å². The van der Waals surface area contributed by atoms with Crippen molar-refractivity contribution in [2.75, 3.05) is 19.6 Å². The van der Waals surface area contributed by atoms with Crippen molar-refractivity contribution in [2.45, 2.75) is 13.3 Å². The van der Waals surface area contributed by atoms with Gasteiger partial charge < -0.3 is 10.6 Å². The Morgan fingerprint density at radius 2 is 2.26 bits per heavy atom. The molecule has 0 aliphatic carbocycles. The van der Waals surface area contributed by atoms with E-state index in [1.165, 1.54) is 0 Å². The second-order valence-corrected chi connectivity index (χ2v) is 7.06. The molecule has 7 heteroatoms. The summed E-state index contributed by atoms with van der Waals surface area (Å²) < 4.78 is 2.70. The van der Waals surface area contributed by atoms with Crippen molar-refractivity contribution < 1.29 is 4.79 Å². The molecule has 2 aromatic rings. The monoisotopic (exact) mass is 398 g/mol. The number of aromatic nitrogens is 2. The number of hydrogen-bond acceptors (Lipinski definition) is 3. The van der Waals surface area contributed by atoms with E-state index in [0.717, 1.165) is 23.1 Å². The Morgan fingerprint density at radius 1 is 1.48 bits per heavy atom. The summed E-state index contributed by atoms with van der Waals surface area (Å²) in [6.07, 6.45) is 4.36. The molecule has 1 saturated heterocycles. The molecule has 5 nitrogen and oxygen atoms in total. The second kappa shape index (κ2) is 7.03. The number of halogens is 2. The topological polar surface area (TPSA) is 64.2 Å². The smallest absolute Gasteiger partial charge is 0.257 e. The lowest BCUT2D eigenvalue weighted by Crippen LogP contribution is -2.34. The molecule has 1 aliphatic rings. The Bertz CT molecular complexity index is 705. The first-order valence-electron chi connectivity index (χ1n) is 7.31. The predicted octanol–water partition coefficient (Wildman–Crippen LogP) is 2.87. The lowest BCUT2D eigenvalue weighted by molar-refractivity contribution is 0.0777. The van der Waals surface area contributed by atoms with E-state index in [4.69, 9.17) is 5.73 Å². The fourth-order valence-corrected chi connectivity index (χ4v) is 3.13. The molecule has 1 aromatic heterocycles.